The Kier molecular flexibility index (Phi) is 5.52. The SMILES string of the molecule is COc1ccc(C#CC(=O)N2CCN(c3ncccc3[N+](=O)[O-])CC2)cc1. The number of nitro groups is 1. The van der Waals surface area contributed by atoms with Crippen molar-refractivity contribution in [2.45, 2.75) is 0 Å². The zero-order valence-electron chi connectivity index (χ0n) is 14.8. The minimum atomic E-state index is -0.444. The van der Waals surface area contributed by atoms with Gasteiger partial charge < -0.3 is 14.5 Å². The van der Waals surface area contributed by atoms with Crippen molar-refractivity contribution in [2.75, 3.05) is 38.2 Å². The lowest BCUT2D eigenvalue weighted by Crippen LogP contribution is -2.48. The summed E-state index contributed by atoms with van der Waals surface area (Å²) in [5.41, 5.74) is 0.698. The molecule has 8 heteroatoms. The Labute approximate surface area is 156 Å². The summed E-state index contributed by atoms with van der Waals surface area (Å²) < 4.78 is 5.08. The predicted octanol–water partition coefficient (Wildman–Crippen LogP) is 1.70. The second-order valence-electron chi connectivity index (χ2n) is 5.86. The van der Waals surface area contributed by atoms with Gasteiger partial charge in [0.15, 0.2) is 0 Å². The van der Waals surface area contributed by atoms with Crippen LogP contribution in [0, 0.1) is 22.0 Å². The van der Waals surface area contributed by atoms with Gasteiger partial charge in [-0.25, -0.2) is 4.98 Å². The molecule has 2 aromatic rings. The molecule has 0 radical (unpaired) electrons. The number of pyridine rings is 1. The van der Waals surface area contributed by atoms with Crippen LogP contribution < -0.4 is 9.64 Å². The van der Waals surface area contributed by atoms with E-state index in [2.05, 4.69) is 16.8 Å². The maximum absolute atomic E-state index is 12.3. The summed E-state index contributed by atoms with van der Waals surface area (Å²) >= 11 is 0. The van der Waals surface area contributed by atoms with Gasteiger partial charge in [-0.3, -0.25) is 14.9 Å². The lowest BCUT2D eigenvalue weighted by Gasteiger charge is -2.34. The van der Waals surface area contributed by atoms with E-state index in [4.69, 9.17) is 4.74 Å². The predicted molar refractivity (Wildman–Crippen MR) is 99.6 cm³/mol. The van der Waals surface area contributed by atoms with E-state index in [0.29, 0.717) is 32.0 Å². The van der Waals surface area contributed by atoms with Crippen LogP contribution in [0.2, 0.25) is 0 Å². The molecule has 8 nitrogen and oxygen atoms in total. The lowest BCUT2D eigenvalue weighted by atomic mass is 10.2. The minimum Gasteiger partial charge on any atom is -0.497 e. The number of benzene rings is 1. The van der Waals surface area contributed by atoms with Gasteiger partial charge >= 0.3 is 5.69 Å². The zero-order valence-corrected chi connectivity index (χ0v) is 14.8. The molecule has 1 aromatic carbocycles. The first-order valence-electron chi connectivity index (χ1n) is 8.38. The second-order valence-corrected chi connectivity index (χ2v) is 5.86. The highest BCUT2D eigenvalue weighted by Crippen LogP contribution is 2.25. The molecule has 0 N–H and O–H groups in total. The van der Waals surface area contributed by atoms with Crippen molar-refractivity contribution in [3.63, 3.8) is 0 Å². The Morgan fingerprint density at radius 1 is 1.19 bits per heavy atom. The number of amides is 1. The molecule has 1 aromatic heterocycles. The smallest absolute Gasteiger partial charge is 0.311 e. The van der Waals surface area contributed by atoms with E-state index in [-0.39, 0.29) is 11.6 Å². The van der Waals surface area contributed by atoms with Gasteiger partial charge in [0.25, 0.3) is 5.91 Å². The van der Waals surface area contributed by atoms with Crippen LogP contribution in [0.3, 0.4) is 0 Å². The van der Waals surface area contributed by atoms with Crippen molar-refractivity contribution in [2.24, 2.45) is 0 Å². The van der Waals surface area contributed by atoms with Crippen molar-refractivity contribution in [3.8, 4) is 17.6 Å². The Morgan fingerprint density at radius 2 is 1.89 bits per heavy atom. The third kappa shape index (κ3) is 4.33. The van der Waals surface area contributed by atoms with Gasteiger partial charge in [0.2, 0.25) is 5.82 Å². The highest BCUT2D eigenvalue weighted by molar-refractivity contribution is 5.94. The van der Waals surface area contributed by atoms with Gasteiger partial charge in [-0.15, -0.1) is 0 Å². The molecule has 1 aliphatic rings. The summed E-state index contributed by atoms with van der Waals surface area (Å²) in [6.45, 7) is 1.80. The number of ether oxygens (including phenoxy) is 1. The Bertz CT molecular complexity index is 894. The highest BCUT2D eigenvalue weighted by atomic mass is 16.6. The number of rotatable bonds is 3. The van der Waals surface area contributed by atoms with Crippen molar-refractivity contribution in [1.29, 1.82) is 0 Å². The molecule has 0 unspecified atom stereocenters. The average molecular weight is 366 g/mol. The summed E-state index contributed by atoms with van der Waals surface area (Å²) in [5.74, 6) is 6.29. The monoisotopic (exact) mass is 366 g/mol. The Morgan fingerprint density at radius 3 is 2.52 bits per heavy atom. The fourth-order valence-corrected chi connectivity index (χ4v) is 2.78. The van der Waals surface area contributed by atoms with Gasteiger partial charge in [-0.1, -0.05) is 5.92 Å². The van der Waals surface area contributed by atoms with E-state index in [1.165, 1.54) is 18.3 Å². The van der Waals surface area contributed by atoms with E-state index in [0.717, 1.165) is 11.3 Å². The number of piperazine rings is 1. The van der Waals surface area contributed by atoms with Gasteiger partial charge in [-0.2, -0.15) is 0 Å². The first-order valence-corrected chi connectivity index (χ1v) is 8.38. The largest absolute Gasteiger partial charge is 0.497 e. The van der Waals surface area contributed by atoms with Crippen molar-refractivity contribution in [1.82, 2.24) is 9.88 Å². The molecule has 138 valence electrons. The van der Waals surface area contributed by atoms with Crippen LogP contribution in [0.1, 0.15) is 5.56 Å². The number of hydrogen-bond donors (Lipinski definition) is 0. The molecule has 1 aliphatic heterocycles. The van der Waals surface area contributed by atoms with Crippen molar-refractivity contribution in [3.05, 3.63) is 58.3 Å². The normalized spacial score (nSPS) is 13.5. The molecule has 1 fully saturated rings. The third-order valence-electron chi connectivity index (χ3n) is 4.23. The zero-order chi connectivity index (χ0) is 19.2. The molecular formula is C19H18N4O4. The molecule has 1 amide bonds. The van der Waals surface area contributed by atoms with Crippen LogP contribution >= 0.6 is 0 Å². The number of hydrogen-bond acceptors (Lipinski definition) is 6. The van der Waals surface area contributed by atoms with E-state index < -0.39 is 4.92 Å². The maximum atomic E-state index is 12.3. The Balaban J connectivity index is 1.61. The first-order chi connectivity index (χ1) is 13.1. The van der Waals surface area contributed by atoms with Crippen molar-refractivity contribution < 1.29 is 14.5 Å². The number of nitrogens with zero attached hydrogens (tertiary/aromatic N) is 4. The number of methoxy groups -OCH3 is 1. The summed E-state index contributed by atoms with van der Waals surface area (Å²) in [4.78, 5) is 30.6. The molecule has 0 aliphatic carbocycles. The van der Waals surface area contributed by atoms with Crippen molar-refractivity contribution >= 4 is 17.4 Å². The molecule has 0 atom stereocenters. The van der Waals surface area contributed by atoms with E-state index in [1.54, 1.807) is 36.3 Å². The van der Waals surface area contributed by atoms with Crippen LogP contribution in [0.15, 0.2) is 42.6 Å². The average Bonchev–Trinajstić information content (AvgIpc) is 2.72. The molecule has 27 heavy (non-hydrogen) atoms. The fraction of sp³-hybridized carbons (Fsp3) is 0.263. The number of aromatic nitrogens is 1. The minimum absolute atomic E-state index is 0.0310. The quantitative estimate of drug-likeness (QED) is 0.467. The van der Waals surface area contributed by atoms with E-state index in [1.807, 2.05) is 4.90 Å². The molecular weight excluding hydrogens is 348 g/mol. The molecule has 0 spiro atoms. The van der Waals surface area contributed by atoms with Crippen LogP contribution in [-0.2, 0) is 4.79 Å². The van der Waals surface area contributed by atoms with E-state index >= 15 is 0 Å². The van der Waals surface area contributed by atoms with Crippen LogP contribution in [0.25, 0.3) is 0 Å². The van der Waals surface area contributed by atoms with Gasteiger partial charge in [0, 0.05) is 49.9 Å². The Hall–Kier alpha value is -3.60. The standard InChI is InChI=1S/C19H18N4O4/c1-27-16-7-4-15(5-8-16)6-9-18(24)21-11-13-22(14-12-21)19-17(23(25)26)3-2-10-20-19/h2-5,7-8,10H,11-14H2,1H3. The maximum Gasteiger partial charge on any atom is 0.311 e. The second kappa shape index (κ2) is 8.19. The summed E-state index contributed by atoms with van der Waals surface area (Å²) in [7, 11) is 1.59. The van der Waals surface area contributed by atoms with Gasteiger partial charge in [-0.05, 0) is 30.3 Å². The number of carbonyl (C=O) groups is 1. The number of carbonyl (C=O) groups excluding carboxylic acids is 1. The first kappa shape index (κ1) is 18.2. The van der Waals surface area contributed by atoms with Crippen LogP contribution in [-0.4, -0.2) is 54.0 Å². The van der Waals surface area contributed by atoms with Gasteiger partial charge in [0.1, 0.15) is 5.75 Å². The number of anilines is 1. The van der Waals surface area contributed by atoms with E-state index in [9.17, 15) is 14.9 Å². The highest BCUT2D eigenvalue weighted by Gasteiger charge is 2.26. The van der Waals surface area contributed by atoms with Gasteiger partial charge in [0.05, 0.1) is 12.0 Å². The summed E-state index contributed by atoms with van der Waals surface area (Å²) in [5, 5.41) is 11.1. The molecule has 2 heterocycles. The molecule has 0 saturated carbocycles. The lowest BCUT2D eigenvalue weighted by molar-refractivity contribution is -0.384. The summed E-state index contributed by atoms with van der Waals surface area (Å²) in [6.07, 6.45) is 1.53. The molecule has 1 saturated heterocycles. The third-order valence-corrected chi connectivity index (χ3v) is 4.23. The topological polar surface area (TPSA) is 88.8 Å². The fourth-order valence-electron chi connectivity index (χ4n) is 2.78. The summed E-state index contributed by atoms with van der Waals surface area (Å²) in [6, 6.07) is 10.1. The molecule has 0 bridgehead atoms. The van der Waals surface area contributed by atoms with Crippen LogP contribution in [0.5, 0.6) is 5.75 Å². The van der Waals surface area contributed by atoms with Crippen LogP contribution in [0.4, 0.5) is 11.5 Å². The molecule has 3 rings (SSSR count).